The molecule has 4 nitrogen and oxygen atoms in total. The highest BCUT2D eigenvalue weighted by molar-refractivity contribution is 5.76. The van der Waals surface area contributed by atoms with Gasteiger partial charge in [-0.2, -0.15) is 8.78 Å². The maximum Gasteiger partial charge on any atom is 0.320 e. The molecule has 1 saturated carbocycles. The standard InChI is InChI=1S/C17H20F2N2O2/c1-11(23-15(22)10-12-6-2-3-7-12)16-20-13-8-4-5-9-14(13)21(16)17(18)19/h4-5,8-9,11-12,17H,2-3,6-7,10H2,1H3. The van der Waals surface area contributed by atoms with Gasteiger partial charge in [-0.3, -0.25) is 9.36 Å². The number of ether oxygens (including phenoxy) is 1. The molecule has 1 aliphatic carbocycles. The third-order valence-electron chi connectivity index (χ3n) is 4.42. The number of nitrogens with zero attached hydrogens (tertiary/aromatic N) is 2. The zero-order valence-corrected chi connectivity index (χ0v) is 13.0. The van der Waals surface area contributed by atoms with Crippen LogP contribution in [0.25, 0.3) is 11.0 Å². The lowest BCUT2D eigenvalue weighted by Crippen LogP contribution is -2.16. The van der Waals surface area contributed by atoms with Crippen LogP contribution in [0.15, 0.2) is 24.3 Å². The number of benzene rings is 1. The van der Waals surface area contributed by atoms with Crippen LogP contribution in [0.1, 0.15) is 57.5 Å². The molecule has 0 N–H and O–H groups in total. The minimum absolute atomic E-state index is 0.0842. The Labute approximate surface area is 133 Å². The van der Waals surface area contributed by atoms with E-state index >= 15 is 0 Å². The number of esters is 1. The van der Waals surface area contributed by atoms with Gasteiger partial charge in [0.1, 0.15) is 0 Å². The van der Waals surface area contributed by atoms with Gasteiger partial charge in [0, 0.05) is 6.42 Å². The van der Waals surface area contributed by atoms with Crippen LogP contribution >= 0.6 is 0 Å². The van der Waals surface area contributed by atoms with E-state index in [9.17, 15) is 13.6 Å². The summed E-state index contributed by atoms with van der Waals surface area (Å²) in [6.07, 6.45) is 3.94. The van der Waals surface area contributed by atoms with E-state index in [1.54, 1.807) is 31.2 Å². The number of hydrogen-bond acceptors (Lipinski definition) is 3. The quantitative estimate of drug-likeness (QED) is 0.755. The smallest absolute Gasteiger partial charge is 0.320 e. The molecular weight excluding hydrogens is 302 g/mol. The van der Waals surface area contributed by atoms with Crippen LogP contribution in [-0.2, 0) is 9.53 Å². The highest BCUT2D eigenvalue weighted by atomic mass is 19.3. The van der Waals surface area contributed by atoms with E-state index in [0.717, 1.165) is 30.3 Å². The molecule has 0 radical (unpaired) electrons. The van der Waals surface area contributed by atoms with Crippen molar-refractivity contribution in [3.05, 3.63) is 30.1 Å². The predicted octanol–water partition coefficient (Wildman–Crippen LogP) is 4.62. The second-order valence-corrected chi connectivity index (χ2v) is 6.09. The fourth-order valence-electron chi connectivity index (χ4n) is 3.30. The first-order valence-electron chi connectivity index (χ1n) is 8.00. The van der Waals surface area contributed by atoms with Crippen LogP contribution in [0.5, 0.6) is 0 Å². The Morgan fingerprint density at radius 3 is 2.74 bits per heavy atom. The van der Waals surface area contributed by atoms with Crippen LogP contribution in [-0.4, -0.2) is 15.5 Å². The predicted molar refractivity (Wildman–Crippen MR) is 82.1 cm³/mol. The first-order valence-corrected chi connectivity index (χ1v) is 8.00. The van der Waals surface area contributed by atoms with Gasteiger partial charge < -0.3 is 4.74 Å². The van der Waals surface area contributed by atoms with Crippen LogP contribution in [0.4, 0.5) is 8.78 Å². The highest BCUT2D eigenvalue weighted by Gasteiger charge is 2.26. The summed E-state index contributed by atoms with van der Waals surface area (Å²) in [7, 11) is 0. The van der Waals surface area contributed by atoms with Gasteiger partial charge in [0.15, 0.2) is 11.9 Å². The van der Waals surface area contributed by atoms with E-state index < -0.39 is 12.7 Å². The molecule has 1 aliphatic rings. The lowest BCUT2D eigenvalue weighted by atomic mass is 10.0. The number of hydrogen-bond donors (Lipinski definition) is 0. The molecule has 2 aromatic rings. The first kappa shape index (κ1) is 15.9. The molecule has 1 unspecified atom stereocenters. The average molecular weight is 322 g/mol. The van der Waals surface area contributed by atoms with Crippen molar-refractivity contribution in [3.63, 3.8) is 0 Å². The van der Waals surface area contributed by atoms with Gasteiger partial charge in [-0.15, -0.1) is 0 Å². The third kappa shape index (κ3) is 3.35. The molecular formula is C17H20F2N2O2. The number of imidazole rings is 1. The first-order chi connectivity index (χ1) is 11.1. The minimum atomic E-state index is -2.73. The Balaban J connectivity index is 1.78. The number of rotatable bonds is 5. The molecule has 0 amide bonds. The second kappa shape index (κ2) is 6.64. The second-order valence-electron chi connectivity index (χ2n) is 6.09. The molecule has 1 aromatic heterocycles. The van der Waals surface area contributed by atoms with Crippen molar-refractivity contribution < 1.29 is 18.3 Å². The fourth-order valence-corrected chi connectivity index (χ4v) is 3.30. The van der Waals surface area contributed by atoms with Crippen LogP contribution in [0, 0.1) is 5.92 Å². The summed E-state index contributed by atoms with van der Waals surface area (Å²) in [6.45, 7) is -1.14. The number of carbonyl (C=O) groups excluding carboxylic acids is 1. The summed E-state index contributed by atoms with van der Waals surface area (Å²) in [5.41, 5.74) is 0.817. The van der Waals surface area contributed by atoms with Gasteiger partial charge in [0.05, 0.1) is 11.0 Å². The van der Waals surface area contributed by atoms with Crippen molar-refractivity contribution in [2.45, 2.75) is 51.7 Å². The van der Waals surface area contributed by atoms with E-state index in [-0.39, 0.29) is 11.8 Å². The minimum Gasteiger partial charge on any atom is -0.454 e. The number of aromatic nitrogens is 2. The van der Waals surface area contributed by atoms with Gasteiger partial charge in [0.25, 0.3) is 0 Å². The van der Waals surface area contributed by atoms with E-state index in [1.807, 2.05) is 0 Å². The molecule has 23 heavy (non-hydrogen) atoms. The lowest BCUT2D eigenvalue weighted by molar-refractivity contribution is -0.150. The number of carbonyl (C=O) groups is 1. The Morgan fingerprint density at radius 2 is 2.04 bits per heavy atom. The Hall–Kier alpha value is -1.98. The van der Waals surface area contributed by atoms with Crippen molar-refractivity contribution in [2.75, 3.05) is 0 Å². The van der Waals surface area contributed by atoms with Crippen molar-refractivity contribution in [2.24, 2.45) is 5.92 Å². The van der Waals surface area contributed by atoms with Crippen LogP contribution < -0.4 is 0 Å². The van der Waals surface area contributed by atoms with Crippen LogP contribution in [0.3, 0.4) is 0 Å². The van der Waals surface area contributed by atoms with Gasteiger partial charge in [-0.1, -0.05) is 25.0 Å². The molecule has 1 heterocycles. The van der Waals surface area contributed by atoms with Gasteiger partial charge in [-0.05, 0) is 37.8 Å². The number of fused-ring (bicyclic) bond motifs is 1. The summed E-state index contributed by atoms with van der Waals surface area (Å²) in [5.74, 6) is 0.113. The van der Waals surface area contributed by atoms with Gasteiger partial charge >= 0.3 is 12.5 Å². The van der Waals surface area contributed by atoms with Crippen molar-refractivity contribution >= 4 is 17.0 Å². The van der Waals surface area contributed by atoms with E-state index in [2.05, 4.69) is 4.98 Å². The molecule has 0 saturated heterocycles. The molecule has 3 rings (SSSR count). The summed E-state index contributed by atoms with van der Waals surface area (Å²) < 4.78 is 33.0. The largest absolute Gasteiger partial charge is 0.454 e. The lowest BCUT2D eigenvalue weighted by Gasteiger charge is -2.16. The van der Waals surface area contributed by atoms with E-state index in [1.165, 1.54) is 0 Å². The normalized spacial score (nSPS) is 17.0. The molecule has 0 bridgehead atoms. The van der Waals surface area contributed by atoms with Crippen molar-refractivity contribution in [3.8, 4) is 0 Å². The zero-order valence-electron chi connectivity index (χ0n) is 13.0. The van der Waals surface area contributed by atoms with E-state index in [0.29, 0.717) is 23.4 Å². The maximum atomic E-state index is 13.4. The Morgan fingerprint density at radius 1 is 1.35 bits per heavy atom. The molecule has 0 spiro atoms. The monoisotopic (exact) mass is 322 g/mol. The van der Waals surface area contributed by atoms with Crippen LogP contribution in [0.2, 0.25) is 0 Å². The SMILES string of the molecule is CC(OC(=O)CC1CCCC1)c1nc2ccccc2n1C(F)F. The Kier molecular flexibility index (Phi) is 4.59. The van der Waals surface area contributed by atoms with Gasteiger partial charge in [-0.25, -0.2) is 4.98 Å². The number of halogens is 2. The molecule has 1 fully saturated rings. The summed E-state index contributed by atoms with van der Waals surface area (Å²) >= 11 is 0. The number of alkyl halides is 2. The zero-order chi connectivity index (χ0) is 16.4. The molecule has 1 atom stereocenters. The van der Waals surface area contributed by atoms with E-state index in [4.69, 9.17) is 4.74 Å². The molecule has 0 aliphatic heterocycles. The van der Waals surface area contributed by atoms with Crippen molar-refractivity contribution in [1.29, 1.82) is 0 Å². The highest BCUT2D eigenvalue weighted by Crippen LogP contribution is 2.31. The third-order valence-corrected chi connectivity index (χ3v) is 4.42. The van der Waals surface area contributed by atoms with Gasteiger partial charge in [0.2, 0.25) is 0 Å². The number of para-hydroxylation sites is 2. The van der Waals surface area contributed by atoms with Crippen molar-refractivity contribution in [1.82, 2.24) is 9.55 Å². The summed E-state index contributed by atoms with van der Waals surface area (Å²) in [4.78, 5) is 16.3. The molecule has 6 heteroatoms. The summed E-state index contributed by atoms with van der Waals surface area (Å²) in [5, 5.41) is 0. The average Bonchev–Trinajstić information content (AvgIpc) is 3.13. The molecule has 124 valence electrons. The maximum absolute atomic E-state index is 13.4. The summed E-state index contributed by atoms with van der Waals surface area (Å²) in [6, 6.07) is 6.69. The Bertz CT molecular complexity index is 693. The molecule has 1 aromatic carbocycles. The topological polar surface area (TPSA) is 44.1 Å². The fraction of sp³-hybridized carbons (Fsp3) is 0.529.